The summed E-state index contributed by atoms with van der Waals surface area (Å²) in [6.07, 6.45) is 3.68. The average molecular weight is 732 g/mol. The fourth-order valence-electron chi connectivity index (χ4n) is 5.16. The van der Waals surface area contributed by atoms with E-state index in [2.05, 4.69) is 60.0 Å². The minimum atomic E-state index is 0. The molecule has 0 bridgehead atoms. The zero-order valence-electron chi connectivity index (χ0n) is 23.6. The maximum absolute atomic E-state index is 6.26. The summed E-state index contributed by atoms with van der Waals surface area (Å²) in [6.45, 7) is 4.14. The molecule has 7 nitrogen and oxygen atoms in total. The first kappa shape index (κ1) is 27.6. The van der Waals surface area contributed by atoms with Crippen LogP contribution in [0.15, 0.2) is 102 Å². The van der Waals surface area contributed by atoms with Gasteiger partial charge in [-0.2, -0.15) is 22.9 Å². The molecule has 4 aromatic carbocycles. The third-order valence-corrected chi connectivity index (χ3v) is 7.60. The molecule has 210 valence electrons. The van der Waals surface area contributed by atoms with Gasteiger partial charge in [-0.05, 0) is 60.7 Å². The summed E-state index contributed by atoms with van der Waals surface area (Å²) in [7, 11) is 4.01. The Labute approximate surface area is 258 Å². The number of aryl methyl sites for hydroxylation is 2. The van der Waals surface area contributed by atoms with E-state index < -0.39 is 0 Å². The van der Waals surface area contributed by atoms with Crippen molar-refractivity contribution in [3.05, 3.63) is 121 Å². The van der Waals surface area contributed by atoms with Crippen molar-refractivity contribution in [2.24, 2.45) is 14.1 Å². The number of benzene rings is 4. The van der Waals surface area contributed by atoms with E-state index in [9.17, 15) is 0 Å². The summed E-state index contributed by atoms with van der Waals surface area (Å²) in [4.78, 5) is 13.7. The Morgan fingerprint density at radius 3 is 1.36 bits per heavy atom. The SMILES string of the molecule is Cc1c(N(c2[c-]c3c(cc2)oc2ccc(N(c4ccccc4)c4ncn(C)c4C)[c-]c23)c2ccccc2)ncn1C.[Pt+2]. The fourth-order valence-corrected chi connectivity index (χ4v) is 5.16. The molecule has 0 amide bonds. The molecule has 0 N–H and O–H groups in total. The number of rotatable bonds is 6. The third kappa shape index (κ3) is 4.60. The number of hydrogen-bond donors (Lipinski definition) is 0. The van der Waals surface area contributed by atoms with Crippen LogP contribution in [-0.4, -0.2) is 19.1 Å². The predicted octanol–water partition coefficient (Wildman–Crippen LogP) is 8.21. The summed E-state index contributed by atoms with van der Waals surface area (Å²) in [5, 5.41) is 1.72. The Morgan fingerprint density at radius 1 is 0.595 bits per heavy atom. The summed E-state index contributed by atoms with van der Waals surface area (Å²) < 4.78 is 10.3. The van der Waals surface area contributed by atoms with Crippen LogP contribution in [0.5, 0.6) is 0 Å². The van der Waals surface area contributed by atoms with Gasteiger partial charge in [-0.25, -0.2) is 9.97 Å². The van der Waals surface area contributed by atoms with E-state index in [4.69, 9.17) is 14.4 Å². The molecular weight excluding hydrogens is 703 g/mol. The number of fused-ring (bicyclic) bond motifs is 3. The zero-order valence-corrected chi connectivity index (χ0v) is 25.9. The van der Waals surface area contributed by atoms with Gasteiger partial charge in [0, 0.05) is 25.5 Å². The monoisotopic (exact) mass is 731 g/mol. The normalized spacial score (nSPS) is 11.1. The quantitative estimate of drug-likeness (QED) is 0.162. The minimum absolute atomic E-state index is 0. The molecule has 3 aromatic heterocycles. The van der Waals surface area contributed by atoms with Crippen LogP contribution in [0.1, 0.15) is 11.4 Å². The molecule has 0 saturated heterocycles. The summed E-state index contributed by atoms with van der Waals surface area (Å²) in [6, 6.07) is 35.9. The van der Waals surface area contributed by atoms with Crippen LogP contribution in [0.4, 0.5) is 34.4 Å². The van der Waals surface area contributed by atoms with Crippen LogP contribution in [0.25, 0.3) is 21.9 Å². The number of nitrogens with zero attached hydrogens (tertiary/aromatic N) is 6. The first-order chi connectivity index (χ1) is 20.0. The number of imidazole rings is 2. The smallest absolute Gasteiger partial charge is 0.564 e. The number of para-hydroxylation sites is 2. The topological polar surface area (TPSA) is 55.3 Å². The van der Waals surface area contributed by atoms with Gasteiger partial charge in [-0.15, -0.1) is 24.3 Å². The van der Waals surface area contributed by atoms with Crippen molar-refractivity contribution in [1.29, 1.82) is 0 Å². The number of furan rings is 1. The number of aromatic nitrogens is 4. The Morgan fingerprint density at radius 2 is 1.00 bits per heavy atom. The summed E-state index contributed by atoms with van der Waals surface area (Å²) >= 11 is 0. The van der Waals surface area contributed by atoms with Crippen molar-refractivity contribution >= 4 is 56.3 Å². The zero-order chi connectivity index (χ0) is 28.1. The van der Waals surface area contributed by atoms with Gasteiger partial charge < -0.3 is 23.4 Å². The van der Waals surface area contributed by atoms with Crippen LogP contribution >= 0.6 is 0 Å². The first-order valence-electron chi connectivity index (χ1n) is 13.5. The van der Waals surface area contributed by atoms with Crippen molar-refractivity contribution in [2.45, 2.75) is 13.8 Å². The second-order valence-corrected chi connectivity index (χ2v) is 10.1. The Hall–Kier alpha value is -4.61. The molecule has 0 radical (unpaired) electrons. The Kier molecular flexibility index (Phi) is 7.21. The molecule has 7 rings (SSSR count). The van der Waals surface area contributed by atoms with Crippen molar-refractivity contribution < 1.29 is 25.5 Å². The molecule has 42 heavy (non-hydrogen) atoms. The van der Waals surface area contributed by atoms with E-state index in [1.54, 1.807) is 0 Å². The Bertz CT molecular complexity index is 1860. The third-order valence-electron chi connectivity index (χ3n) is 7.60. The van der Waals surface area contributed by atoms with Crippen molar-refractivity contribution in [1.82, 2.24) is 19.1 Å². The van der Waals surface area contributed by atoms with E-state index in [1.165, 1.54) is 0 Å². The van der Waals surface area contributed by atoms with Crippen molar-refractivity contribution in [2.75, 3.05) is 9.80 Å². The van der Waals surface area contributed by atoms with Gasteiger partial charge in [-0.1, -0.05) is 36.4 Å². The molecule has 8 heteroatoms. The second-order valence-electron chi connectivity index (χ2n) is 10.1. The molecule has 0 aliphatic rings. The van der Waals surface area contributed by atoms with Gasteiger partial charge in [0.15, 0.2) is 11.6 Å². The second kappa shape index (κ2) is 11.0. The van der Waals surface area contributed by atoms with Crippen LogP contribution in [0.3, 0.4) is 0 Å². The molecule has 0 aliphatic carbocycles. The standard InChI is InChI=1S/C34H28N6O.Pt/c1-23-33(35-21-37(23)3)39(25-11-7-5-8-12-25)27-15-17-31-29(19-27)30-20-28(16-18-32(30)41-31)40(26-13-9-6-10-14-26)34-24(2)38(4)22-36-34;/h5-18,21-22H,1-4H3;/q-2;+2. The molecular formula is C34H28N6OPt. The number of hydrogen-bond acceptors (Lipinski definition) is 5. The van der Waals surface area contributed by atoms with Gasteiger partial charge in [0.05, 0.1) is 24.0 Å². The van der Waals surface area contributed by atoms with E-state index >= 15 is 0 Å². The molecule has 0 atom stereocenters. The van der Waals surface area contributed by atoms with E-state index in [0.29, 0.717) is 0 Å². The van der Waals surface area contributed by atoms with Crippen LogP contribution < -0.4 is 9.80 Å². The molecule has 0 spiro atoms. The van der Waals surface area contributed by atoms with Gasteiger partial charge in [-0.3, -0.25) is 0 Å². The van der Waals surface area contributed by atoms with E-state index in [-0.39, 0.29) is 21.1 Å². The van der Waals surface area contributed by atoms with Crippen LogP contribution in [-0.2, 0) is 35.2 Å². The van der Waals surface area contributed by atoms with Crippen LogP contribution in [0, 0.1) is 26.0 Å². The largest absolute Gasteiger partial charge is 2.00 e. The van der Waals surface area contributed by atoms with Gasteiger partial charge in [0.1, 0.15) is 0 Å². The van der Waals surface area contributed by atoms with E-state index in [0.717, 1.165) is 67.7 Å². The Balaban J connectivity index is 0.00000316. The number of anilines is 6. The molecule has 0 aliphatic heterocycles. The van der Waals surface area contributed by atoms with Crippen molar-refractivity contribution in [3.63, 3.8) is 0 Å². The maximum atomic E-state index is 6.26. The van der Waals surface area contributed by atoms with Crippen LogP contribution in [0.2, 0.25) is 0 Å². The van der Waals surface area contributed by atoms with Gasteiger partial charge in [0.25, 0.3) is 0 Å². The van der Waals surface area contributed by atoms with Gasteiger partial charge >= 0.3 is 21.1 Å². The summed E-state index contributed by atoms with van der Waals surface area (Å²) in [5.41, 5.74) is 7.35. The minimum Gasteiger partial charge on any atom is -0.564 e. The molecule has 0 fully saturated rings. The molecule has 0 saturated carbocycles. The molecule has 3 heterocycles. The summed E-state index contributed by atoms with van der Waals surface area (Å²) in [5.74, 6) is 1.71. The predicted molar refractivity (Wildman–Crippen MR) is 164 cm³/mol. The first-order valence-corrected chi connectivity index (χ1v) is 13.5. The molecule has 0 unspecified atom stereocenters. The maximum Gasteiger partial charge on any atom is 2.00 e. The van der Waals surface area contributed by atoms with E-state index in [1.807, 2.05) is 96.5 Å². The average Bonchev–Trinajstić information content (AvgIpc) is 3.65. The fraction of sp³-hybridized carbons (Fsp3) is 0.118. The molecule has 7 aromatic rings. The van der Waals surface area contributed by atoms with Crippen molar-refractivity contribution in [3.8, 4) is 0 Å². The van der Waals surface area contributed by atoms with Gasteiger partial charge in [0.2, 0.25) is 0 Å².